The van der Waals surface area contributed by atoms with E-state index >= 15 is 0 Å². The summed E-state index contributed by atoms with van der Waals surface area (Å²) >= 11 is 0. The normalized spacial score (nSPS) is 26.1. The van der Waals surface area contributed by atoms with Crippen molar-refractivity contribution in [2.45, 2.75) is 18.5 Å². The van der Waals surface area contributed by atoms with Crippen LogP contribution < -0.4 is 5.73 Å². The van der Waals surface area contributed by atoms with E-state index < -0.39 is 0 Å². The van der Waals surface area contributed by atoms with Gasteiger partial charge in [-0.15, -0.1) is 0 Å². The molecule has 88 valence electrons. The minimum absolute atomic E-state index is 0.209. The van der Waals surface area contributed by atoms with Gasteiger partial charge in [0.25, 0.3) is 0 Å². The summed E-state index contributed by atoms with van der Waals surface area (Å²) < 4.78 is 5.13. The van der Waals surface area contributed by atoms with Crippen LogP contribution in [0.3, 0.4) is 0 Å². The van der Waals surface area contributed by atoms with Gasteiger partial charge in [-0.25, -0.2) is 0 Å². The van der Waals surface area contributed by atoms with Crippen molar-refractivity contribution in [3.05, 3.63) is 30.1 Å². The van der Waals surface area contributed by atoms with Gasteiger partial charge in [0.05, 0.1) is 12.6 Å². The summed E-state index contributed by atoms with van der Waals surface area (Å²) in [4.78, 5) is 6.55. The summed E-state index contributed by atoms with van der Waals surface area (Å²) in [6, 6.07) is 4.57. The molecule has 1 fully saturated rings. The summed E-state index contributed by atoms with van der Waals surface area (Å²) in [6.07, 6.45) is 4.75. The van der Waals surface area contributed by atoms with E-state index in [1.54, 1.807) is 13.3 Å². The van der Waals surface area contributed by atoms with E-state index in [2.05, 4.69) is 16.0 Å². The summed E-state index contributed by atoms with van der Waals surface area (Å²) in [7, 11) is 1.73. The molecule has 4 heteroatoms. The number of pyridine rings is 1. The Morgan fingerprint density at radius 2 is 2.50 bits per heavy atom. The summed E-state index contributed by atoms with van der Waals surface area (Å²) in [6.45, 7) is 2.73. The number of aromatic nitrogens is 1. The Labute approximate surface area is 96.4 Å². The zero-order valence-electron chi connectivity index (χ0n) is 9.67. The van der Waals surface area contributed by atoms with Gasteiger partial charge in [0.15, 0.2) is 0 Å². The first-order chi connectivity index (χ1) is 7.83. The molecule has 0 saturated carbocycles. The fourth-order valence-corrected chi connectivity index (χ4v) is 2.35. The highest BCUT2D eigenvalue weighted by Crippen LogP contribution is 2.30. The topological polar surface area (TPSA) is 51.4 Å². The number of nitrogens with two attached hydrogens (primary N) is 1. The van der Waals surface area contributed by atoms with Gasteiger partial charge in [-0.2, -0.15) is 0 Å². The Kier molecular flexibility index (Phi) is 3.88. The van der Waals surface area contributed by atoms with Crippen LogP contribution in [-0.4, -0.2) is 42.7 Å². The van der Waals surface area contributed by atoms with E-state index in [-0.39, 0.29) is 6.04 Å². The second kappa shape index (κ2) is 5.39. The largest absolute Gasteiger partial charge is 0.383 e. The highest BCUT2D eigenvalue weighted by Gasteiger charge is 2.32. The van der Waals surface area contributed by atoms with Crippen LogP contribution in [0.4, 0.5) is 0 Å². The summed E-state index contributed by atoms with van der Waals surface area (Å²) in [5.74, 6) is 0. The smallest absolute Gasteiger partial charge is 0.0589 e. The average Bonchev–Trinajstić information content (AvgIpc) is 2.69. The van der Waals surface area contributed by atoms with Crippen molar-refractivity contribution < 1.29 is 4.74 Å². The van der Waals surface area contributed by atoms with Crippen molar-refractivity contribution in [2.75, 3.05) is 26.8 Å². The van der Waals surface area contributed by atoms with Gasteiger partial charge in [0.2, 0.25) is 0 Å². The molecule has 1 aromatic heterocycles. The molecule has 1 aliphatic rings. The van der Waals surface area contributed by atoms with Gasteiger partial charge in [-0.3, -0.25) is 9.88 Å². The maximum Gasteiger partial charge on any atom is 0.0589 e. The van der Waals surface area contributed by atoms with E-state index in [0.717, 1.165) is 26.1 Å². The number of hydrogen-bond donors (Lipinski definition) is 1. The lowest BCUT2D eigenvalue weighted by Crippen LogP contribution is -2.33. The molecule has 2 atom stereocenters. The molecule has 1 aliphatic heterocycles. The average molecular weight is 221 g/mol. The standard InChI is InChI=1S/C12H19N3O/c1-16-8-7-15-6-4-11(13)12(15)10-3-2-5-14-9-10/h2-3,5,9,11-12H,4,6-8,13H2,1H3. The third kappa shape index (κ3) is 2.40. The van der Waals surface area contributed by atoms with Crippen molar-refractivity contribution in [3.8, 4) is 0 Å². The Bertz CT molecular complexity index is 317. The molecule has 0 spiro atoms. The predicted molar refractivity (Wildman–Crippen MR) is 63.0 cm³/mol. The molecule has 1 aromatic rings. The quantitative estimate of drug-likeness (QED) is 0.817. The van der Waals surface area contributed by atoms with Crippen LogP contribution in [0.2, 0.25) is 0 Å². The molecule has 2 rings (SSSR count). The Morgan fingerprint density at radius 3 is 3.19 bits per heavy atom. The van der Waals surface area contributed by atoms with E-state index in [4.69, 9.17) is 10.5 Å². The molecule has 0 aromatic carbocycles. The second-order valence-electron chi connectivity index (χ2n) is 4.21. The van der Waals surface area contributed by atoms with Gasteiger partial charge in [-0.05, 0) is 18.1 Å². The molecule has 0 radical (unpaired) electrons. The maximum atomic E-state index is 6.16. The Hall–Kier alpha value is -0.970. The minimum atomic E-state index is 0.209. The molecular weight excluding hydrogens is 202 g/mol. The van der Waals surface area contributed by atoms with Crippen LogP contribution >= 0.6 is 0 Å². The number of nitrogens with zero attached hydrogens (tertiary/aromatic N) is 2. The van der Waals surface area contributed by atoms with E-state index in [9.17, 15) is 0 Å². The number of methoxy groups -OCH3 is 1. The third-order valence-corrected chi connectivity index (χ3v) is 3.16. The zero-order chi connectivity index (χ0) is 11.4. The highest BCUT2D eigenvalue weighted by molar-refractivity contribution is 5.18. The highest BCUT2D eigenvalue weighted by atomic mass is 16.5. The molecule has 2 unspecified atom stereocenters. The summed E-state index contributed by atoms with van der Waals surface area (Å²) in [5.41, 5.74) is 7.37. The monoisotopic (exact) mass is 221 g/mol. The van der Waals surface area contributed by atoms with Crippen LogP contribution in [0.1, 0.15) is 18.0 Å². The van der Waals surface area contributed by atoms with Gasteiger partial charge < -0.3 is 10.5 Å². The van der Waals surface area contributed by atoms with Crippen LogP contribution in [0, 0.1) is 0 Å². The molecule has 0 bridgehead atoms. The second-order valence-corrected chi connectivity index (χ2v) is 4.21. The van der Waals surface area contributed by atoms with Gasteiger partial charge in [-0.1, -0.05) is 6.07 Å². The molecular formula is C12H19N3O. The minimum Gasteiger partial charge on any atom is -0.383 e. The third-order valence-electron chi connectivity index (χ3n) is 3.16. The van der Waals surface area contributed by atoms with E-state index in [1.807, 2.05) is 12.3 Å². The SMILES string of the molecule is COCCN1CCC(N)C1c1cccnc1. The lowest BCUT2D eigenvalue weighted by molar-refractivity contribution is 0.139. The zero-order valence-corrected chi connectivity index (χ0v) is 9.67. The molecule has 2 N–H and O–H groups in total. The van der Waals surface area contributed by atoms with Crippen molar-refractivity contribution in [1.82, 2.24) is 9.88 Å². The van der Waals surface area contributed by atoms with Crippen LogP contribution in [0.5, 0.6) is 0 Å². The van der Waals surface area contributed by atoms with Crippen LogP contribution in [-0.2, 0) is 4.74 Å². The summed E-state index contributed by atoms with van der Waals surface area (Å²) in [5, 5.41) is 0. The maximum absolute atomic E-state index is 6.16. The van der Waals surface area contributed by atoms with Crippen molar-refractivity contribution >= 4 is 0 Å². The first kappa shape index (κ1) is 11.5. The fourth-order valence-electron chi connectivity index (χ4n) is 2.35. The number of hydrogen-bond acceptors (Lipinski definition) is 4. The molecule has 2 heterocycles. The van der Waals surface area contributed by atoms with Gasteiger partial charge in [0.1, 0.15) is 0 Å². The molecule has 0 amide bonds. The molecule has 1 saturated heterocycles. The van der Waals surface area contributed by atoms with Crippen molar-refractivity contribution in [3.63, 3.8) is 0 Å². The van der Waals surface area contributed by atoms with E-state index in [1.165, 1.54) is 5.56 Å². The first-order valence-electron chi connectivity index (χ1n) is 5.71. The lowest BCUT2D eigenvalue weighted by Gasteiger charge is -2.26. The first-order valence-corrected chi connectivity index (χ1v) is 5.71. The van der Waals surface area contributed by atoms with Crippen molar-refractivity contribution in [2.24, 2.45) is 5.73 Å². The Morgan fingerprint density at radius 1 is 1.62 bits per heavy atom. The van der Waals surface area contributed by atoms with Crippen LogP contribution in [0.25, 0.3) is 0 Å². The molecule has 0 aliphatic carbocycles. The lowest BCUT2D eigenvalue weighted by atomic mass is 10.0. The number of rotatable bonds is 4. The van der Waals surface area contributed by atoms with Gasteiger partial charge in [0, 0.05) is 38.6 Å². The number of likely N-dealkylation sites (tertiary alicyclic amines) is 1. The Balaban J connectivity index is 2.10. The van der Waals surface area contributed by atoms with Crippen molar-refractivity contribution in [1.29, 1.82) is 0 Å². The van der Waals surface area contributed by atoms with Crippen LogP contribution in [0.15, 0.2) is 24.5 Å². The number of ether oxygens (including phenoxy) is 1. The predicted octanol–water partition coefficient (Wildman–Crippen LogP) is 0.802. The van der Waals surface area contributed by atoms with E-state index in [0.29, 0.717) is 6.04 Å². The molecule has 4 nitrogen and oxygen atoms in total. The fraction of sp³-hybridized carbons (Fsp3) is 0.583. The van der Waals surface area contributed by atoms with Gasteiger partial charge >= 0.3 is 0 Å². The molecule has 16 heavy (non-hydrogen) atoms.